The highest BCUT2D eigenvalue weighted by molar-refractivity contribution is 5.88. The summed E-state index contributed by atoms with van der Waals surface area (Å²) in [7, 11) is 4.05. The highest BCUT2D eigenvalue weighted by Gasteiger charge is 2.52. The van der Waals surface area contributed by atoms with Crippen molar-refractivity contribution < 1.29 is 4.79 Å². The summed E-state index contributed by atoms with van der Waals surface area (Å²) in [5, 5.41) is 8.98. The van der Waals surface area contributed by atoms with E-state index in [4.69, 9.17) is 5.26 Å². The summed E-state index contributed by atoms with van der Waals surface area (Å²) in [5.41, 5.74) is -0.659. The summed E-state index contributed by atoms with van der Waals surface area (Å²) in [4.78, 5) is 16.0. The van der Waals surface area contributed by atoms with E-state index >= 15 is 0 Å². The third kappa shape index (κ3) is 2.96. The first-order valence-electron chi connectivity index (χ1n) is 5.91. The molecule has 1 rings (SSSR count). The second-order valence-corrected chi connectivity index (χ2v) is 4.74. The van der Waals surface area contributed by atoms with E-state index in [-0.39, 0.29) is 5.91 Å². The normalized spacial score (nSPS) is 16.9. The molecule has 0 aromatic carbocycles. The molecular formula is C12H21N3O. The molecule has 1 aliphatic carbocycles. The van der Waals surface area contributed by atoms with Crippen molar-refractivity contribution >= 4 is 5.91 Å². The van der Waals surface area contributed by atoms with E-state index in [9.17, 15) is 4.79 Å². The topological polar surface area (TPSA) is 47.3 Å². The molecule has 0 heterocycles. The number of amides is 1. The Morgan fingerprint density at radius 2 is 2.00 bits per heavy atom. The van der Waals surface area contributed by atoms with Gasteiger partial charge in [-0.2, -0.15) is 5.26 Å². The van der Waals surface area contributed by atoms with Crippen molar-refractivity contribution in [1.82, 2.24) is 9.80 Å². The Morgan fingerprint density at radius 3 is 2.38 bits per heavy atom. The molecule has 0 unspecified atom stereocenters. The van der Waals surface area contributed by atoms with Crippen LogP contribution in [0, 0.1) is 16.7 Å². The summed E-state index contributed by atoms with van der Waals surface area (Å²) in [6.07, 6.45) is 2.45. The molecule has 0 aliphatic heterocycles. The maximum atomic E-state index is 12.1. The van der Waals surface area contributed by atoms with Gasteiger partial charge in [0.25, 0.3) is 0 Å². The van der Waals surface area contributed by atoms with Crippen LogP contribution in [0.15, 0.2) is 0 Å². The molecule has 90 valence electrons. The number of carbonyl (C=O) groups is 1. The van der Waals surface area contributed by atoms with Crippen LogP contribution >= 0.6 is 0 Å². The Kier molecular flexibility index (Phi) is 4.31. The van der Waals surface area contributed by atoms with Gasteiger partial charge < -0.3 is 9.80 Å². The van der Waals surface area contributed by atoms with Gasteiger partial charge in [0.1, 0.15) is 5.41 Å². The molecule has 0 aromatic rings. The summed E-state index contributed by atoms with van der Waals surface area (Å²) in [5.74, 6) is 0.0382. The lowest BCUT2D eigenvalue weighted by Gasteiger charge is -2.23. The summed E-state index contributed by atoms with van der Waals surface area (Å²) in [6, 6.07) is 2.16. The predicted molar refractivity (Wildman–Crippen MR) is 62.7 cm³/mol. The van der Waals surface area contributed by atoms with Gasteiger partial charge in [0, 0.05) is 13.1 Å². The number of rotatable bonds is 6. The Balaban J connectivity index is 2.43. The standard InChI is InChI=1S/C12H21N3O/c1-4-15(9-5-8-14(2)3)11(16)12(10-13)6-7-12/h4-9H2,1-3H3. The molecule has 16 heavy (non-hydrogen) atoms. The van der Waals surface area contributed by atoms with Crippen molar-refractivity contribution in [3.63, 3.8) is 0 Å². The fourth-order valence-corrected chi connectivity index (χ4v) is 1.78. The first-order chi connectivity index (χ1) is 7.55. The number of nitriles is 1. The molecule has 0 saturated heterocycles. The van der Waals surface area contributed by atoms with Gasteiger partial charge in [-0.05, 0) is 46.8 Å². The van der Waals surface area contributed by atoms with E-state index in [0.29, 0.717) is 6.54 Å². The SMILES string of the molecule is CCN(CCCN(C)C)C(=O)C1(C#N)CC1. The molecule has 4 nitrogen and oxygen atoms in total. The Morgan fingerprint density at radius 1 is 1.38 bits per heavy atom. The molecule has 0 aromatic heterocycles. The van der Waals surface area contributed by atoms with Crippen LogP contribution in [0.5, 0.6) is 0 Å². The summed E-state index contributed by atoms with van der Waals surface area (Å²) >= 11 is 0. The van der Waals surface area contributed by atoms with Gasteiger partial charge in [-0.1, -0.05) is 0 Å². The lowest BCUT2D eigenvalue weighted by Crippen LogP contribution is -2.38. The van der Waals surface area contributed by atoms with Crippen LogP contribution in [0.4, 0.5) is 0 Å². The molecule has 0 atom stereocenters. The zero-order valence-corrected chi connectivity index (χ0v) is 10.5. The van der Waals surface area contributed by atoms with Crippen molar-refractivity contribution in [2.45, 2.75) is 26.2 Å². The van der Waals surface area contributed by atoms with Gasteiger partial charge in [0.2, 0.25) is 5.91 Å². The zero-order chi connectivity index (χ0) is 12.2. The second-order valence-electron chi connectivity index (χ2n) is 4.74. The number of hydrogen-bond acceptors (Lipinski definition) is 3. The van der Waals surface area contributed by atoms with Crippen LogP contribution in [-0.2, 0) is 4.79 Å². The van der Waals surface area contributed by atoms with Crippen molar-refractivity contribution in [2.24, 2.45) is 5.41 Å². The van der Waals surface area contributed by atoms with E-state index in [0.717, 1.165) is 32.4 Å². The highest BCUT2D eigenvalue weighted by Crippen LogP contribution is 2.46. The first-order valence-corrected chi connectivity index (χ1v) is 5.91. The Labute approximate surface area is 97.8 Å². The predicted octanol–water partition coefficient (Wildman–Crippen LogP) is 1.09. The molecule has 0 radical (unpaired) electrons. The van der Waals surface area contributed by atoms with E-state index in [2.05, 4.69) is 11.0 Å². The Bertz CT molecular complexity index is 289. The number of nitrogens with zero attached hydrogens (tertiary/aromatic N) is 3. The zero-order valence-electron chi connectivity index (χ0n) is 10.5. The van der Waals surface area contributed by atoms with Gasteiger partial charge in [-0.15, -0.1) is 0 Å². The largest absolute Gasteiger partial charge is 0.342 e. The number of carbonyl (C=O) groups excluding carboxylic acids is 1. The molecule has 0 bridgehead atoms. The van der Waals surface area contributed by atoms with Crippen molar-refractivity contribution in [1.29, 1.82) is 5.26 Å². The quantitative estimate of drug-likeness (QED) is 0.677. The summed E-state index contributed by atoms with van der Waals surface area (Å²) in [6.45, 7) is 4.41. The van der Waals surface area contributed by atoms with Crippen molar-refractivity contribution in [2.75, 3.05) is 33.7 Å². The number of hydrogen-bond donors (Lipinski definition) is 0. The van der Waals surface area contributed by atoms with Gasteiger partial charge in [0.15, 0.2) is 0 Å². The van der Waals surface area contributed by atoms with Crippen LogP contribution in [-0.4, -0.2) is 49.4 Å². The molecular weight excluding hydrogens is 202 g/mol. The smallest absolute Gasteiger partial charge is 0.243 e. The van der Waals surface area contributed by atoms with E-state index in [1.165, 1.54) is 0 Å². The van der Waals surface area contributed by atoms with E-state index < -0.39 is 5.41 Å². The third-order valence-corrected chi connectivity index (χ3v) is 3.08. The van der Waals surface area contributed by atoms with Crippen molar-refractivity contribution in [3.8, 4) is 6.07 Å². The average Bonchev–Trinajstić information content (AvgIpc) is 3.04. The van der Waals surface area contributed by atoms with Crippen molar-refractivity contribution in [3.05, 3.63) is 0 Å². The minimum absolute atomic E-state index is 0.0382. The van der Waals surface area contributed by atoms with Crippen LogP contribution in [0.25, 0.3) is 0 Å². The average molecular weight is 223 g/mol. The highest BCUT2D eigenvalue weighted by atomic mass is 16.2. The van der Waals surface area contributed by atoms with Gasteiger partial charge >= 0.3 is 0 Å². The van der Waals surface area contributed by atoms with Crippen LogP contribution in [0.3, 0.4) is 0 Å². The van der Waals surface area contributed by atoms with Crippen LogP contribution in [0.1, 0.15) is 26.2 Å². The molecule has 0 spiro atoms. The fourth-order valence-electron chi connectivity index (χ4n) is 1.78. The minimum atomic E-state index is -0.659. The molecule has 1 fully saturated rings. The molecule has 1 amide bonds. The third-order valence-electron chi connectivity index (χ3n) is 3.08. The van der Waals surface area contributed by atoms with Gasteiger partial charge in [-0.3, -0.25) is 4.79 Å². The second kappa shape index (κ2) is 5.31. The molecule has 0 N–H and O–H groups in total. The van der Waals surface area contributed by atoms with E-state index in [1.807, 2.05) is 25.9 Å². The lowest BCUT2D eigenvalue weighted by atomic mass is 10.1. The first kappa shape index (κ1) is 13.0. The fraction of sp³-hybridized carbons (Fsp3) is 0.833. The van der Waals surface area contributed by atoms with Crippen LogP contribution in [0.2, 0.25) is 0 Å². The van der Waals surface area contributed by atoms with Gasteiger partial charge in [0.05, 0.1) is 6.07 Å². The van der Waals surface area contributed by atoms with E-state index in [1.54, 1.807) is 0 Å². The monoisotopic (exact) mass is 223 g/mol. The summed E-state index contributed by atoms with van der Waals surface area (Å²) < 4.78 is 0. The minimum Gasteiger partial charge on any atom is -0.342 e. The molecule has 1 saturated carbocycles. The molecule has 1 aliphatic rings. The Hall–Kier alpha value is -1.08. The van der Waals surface area contributed by atoms with Crippen LogP contribution < -0.4 is 0 Å². The maximum absolute atomic E-state index is 12.1. The maximum Gasteiger partial charge on any atom is 0.243 e. The molecule has 4 heteroatoms. The van der Waals surface area contributed by atoms with Gasteiger partial charge in [-0.25, -0.2) is 0 Å². The lowest BCUT2D eigenvalue weighted by molar-refractivity contribution is -0.134.